The maximum atomic E-state index is 11.6. The van der Waals surface area contributed by atoms with E-state index in [4.69, 9.17) is 25.7 Å². The van der Waals surface area contributed by atoms with E-state index in [-0.39, 0.29) is 17.1 Å². The predicted molar refractivity (Wildman–Crippen MR) is 122 cm³/mol. The zero-order chi connectivity index (χ0) is 22.9. The van der Waals surface area contributed by atoms with Crippen LogP contribution in [0.5, 0.6) is 5.75 Å². The molecule has 0 unspecified atom stereocenters. The topological polar surface area (TPSA) is 149 Å². The van der Waals surface area contributed by atoms with E-state index in [0.717, 1.165) is 0 Å². The minimum Gasteiger partial charge on any atom is -0.489 e. The summed E-state index contributed by atoms with van der Waals surface area (Å²) in [5.41, 5.74) is 12.6. The number of carboxylic acid groups (broad SMARTS) is 1. The van der Waals surface area contributed by atoms with Gasteiger partial charge in [-0.05, 0) is 30.3 Å². The molecule has 168 valence electrons. The number of amides is 2. The number of anilines is 2. The summed E-state index contributed by atoms with van der Waals surface area (Å²) < 4.78 is 12.0. The van der Waals surface area contributed by atoms with E-state index in [1.54, 1.807) is 18.2 Å². The zero-order valence-corrected chi connectivity index (χ0v) is 19.4. The maximum Gasteiger partial charge on any atom is 0.404 e. The van der Waals surface area contributed by atoms with E-state index in [1.165, 1.54) is 6.07 Å². The van der Waals surface area contributed by atoms with Crippen molar-refractivity contribution in [1.29, 1.82) is 0 Å². The highest BCUT2D eigenvalue weighted by atomic mass is 28.4. The van der Waals surface area contributed by atoms with Crippen LogP contribution in [0.1, 0.15) is 31.1 Å². The number of nitrogens with one attached hydrogen (secondary N) is 2. The molecule has 30 heavy (non-hydrogen) atoms. The third-order valence-corrected chi connectivity index (χ3v) is 9.50. The molecule has 1 rings (SSSR count). The Morgan fingerprint density at radius 1 is 1.17 bits per heavy atom. The molecule has 7 N–H and O–H groups in total. The van der Waals surface area contributed by atoms with Gasteiger partial charge in [-0.3, -0.25) is 4.79 Å². The summed E-state index contributed by atoms with van der Waals surface area (Å²) in [5, 5.41) is 14.0. The van der Waals surface area contributed by atoms with Gasteiger partial charge in [0.05, 0.1) is 12.3 Å². The quantitative estimate of drug-likeness (QED) is 0.154. The van der Waals surface area contributed by atoms with Gasteiger partial charge in [0.15, 0.2) is 8.32 Å². The van der Waals surface area contributed by atoms with Crippen LogP contribution in [0.2, 0.25) is 18.1 Å². The molecule has 0 bridgehead atoms. The molecule has 0 heterocycles. The van der Waals surface area contributed by atoms with Crippen LogP contribution in [-0.2, 0) is 4.43 Å². The van der Waals surface area contributed by atoms with Crippen LogP contribution in [0.15, 0.2) is 24.3 Å². The van der Waals surface area contributed by atoms with E-state index in [9.17, 15) is 9.59 Å². The molecule has 0 fully saturated rings. The van der Waals surface area contributed by atoms with Gasteiger partial charge in [0.1, 0.15) is 18.0 Å². The van der Waals surface area contributed by atoms with E-state index in [2.05, 4.69) is 44.5 Å². The number of nitrogens with two attached hydrogens (primary N) is 2. The zero-order valence-electron chi connectivity index (χ0n) is 18.4. The molecule has 0 radical (unpaired) electrons. The first-order valence-electron chi connectivity index (χ1n) is 9.71. The SMILES string of the molecule is CC(C)(C)[Si](C)(C)OCCOc1cc(C(N)=O)cc(N)c1NCC=CCNC(=O)O. The second kappa shape index (κ2) is 10.9. The highest BCUT2D eigenvalue weighted by Gasteiger charge is 2.36. The Morgan fingerprint density at radius 2 is 1.80 bits per heavy atom. The summed E-state index contributed by atoms with van der Waals surface area (Å²) in [6, 6.07) is 3.03. The number of hydrogen-bond donors (Lipinski definition) is 5. The van der Waals surface area contributed by atoms with Gasteiger partial charge in [0.25, 0.3) is 0 Å². The lowest BCUT2D eigenvalue weighted by atomic mass is 10.1. The molecule has 0 aromatic heterocycles. The van der Waals surface area contributed by atoms with Crippen LogP contribution >= 0.6 is 0 Å². The summed E-state index contributed by atoms with van der Waals surface area (Å²) in [6.45, 7) is 12.1. The van der Waals surface area contributed by atoms with Crippen molar-refractivity contribution in [3.05, 3.63) is 29.8 Å². The van der Waals surface area contributed by atoms with Gasteiger partial charge in [-0.15, -0.1) is 0 Å². The van der Waals surface area contributed by atoms with Crippen molar-refractivity contribution in [2.24, 2.45) is 5.73 Å². The summed E-state index contributed by atoms with van der Waals surface area (Å²) in [5.74, 6) is -0.199. The lowest BCUT2D eigenvalue weighted by Gasteiger charge is -2.36. The lowest BCUT2D eigenvalue weighted by Crippen LogP contribution is -2.41. The Balaban J connectivity index is 2.81. The second-order valence-electron chi connectivity index (χ2n) is 8.30. The molecule has 9 nitrogen and oxygen atoms in total. The van der Waals surface area contributed by atoms with Crippen LogP contribution < -0.4 is 26.8 Å². The van der Waals surface area contributed by atoms with Crippen molar-refractivity contribution in [2.45, 2.75) is 38.9 Å². The Morgan fingerprint density at radius 3 is 2.37 bits per heavy atom. The van der Waals surface area contributed by atoms with E-state index in [1.807, 2.05) is 0 Å². The summed E-state index contributed by atoms with van der Waals surface area (Å²) >= 11 is 0. The number of hydrogen-bond acceptors (Lipinski definition) is 6. The van der Waals surface area contributed by atoms with Crippen molar-refractivity contribution in [2.75, 3.05) is 37.4 Å². The van der Waals surface area contributed by atoms with Crippen molar-refractivity contribution >= 4 is 31.7 Å². The molecule has 0 aliphatic rings. The van der Waals surface area contributed by atoms with Crippen LogP contribution in [0.25, 0.3) is 0 Å². The van der Waals surface area contributed by atoms with E-state index in [0.29, 0.717) is 36.9 Å². The average Bonchev–Trinajstić information content (AvgIpc) is 2.61. The summed E-state index contributed by atoms with van der Waals surface area (Å²) in [6.07, 6.45) is 2.33. The first-order chi connectivity index (χ1) is 13.8. The molecule has 0 atom stereocenters. The standard InChI is InChI=1S/C20H34N4O5Si/c1-20(2,3)30(4,5)29-11-10-28-16-13-14(18(22)25)12-15(21)17(16)23-8-6-7-9-24-19(26)27/h6-7,12-13,23-24H,8-11,21H2,1-5H3,(H2,22,25)(H,26,27). The third kappa shape index (κ3) is 7.95. The summed E-state index contributed by atoms with van der Waals surface area (Å²) in [7, 11) is -1.89. The minimum atomic E-state index is -1.89. The number of benzene rings is 1. The second-order valence-corrected chi connectivity index (χ2v) is 13.1. The minimum absolute atomic E-state index is 0.0951. The number of rotatable bonds is 11. The average molecular weight is 439 g/mol. The van der Waals surface area contributed by atoms with Crippen molar-refractivity contribution in [3.63, 3.8) is 0 Å². The van der Waals surface area contributed by atoms with Crippen molar-refractivity contribution < 1.29 is 23.9 Å². The van der Waals surface area contributed by atoms with Gasteiger partial charge in [0, 0.05) is 18.7 Å². The van der Waals surface area contributed by atoms with E-state index >= 15 is 0 Å². The summed E-state index contributed by atoms with van der Waals surface area (Å²) in [4.78, 5) is 22.0. The fourth-order valence-electron chi connectivity index (χ4n) is 2.22. The third-order valence-electron chi connectivity index (χ3n) is 4.96. The smallest absolute Gasteiger partial charge is 0.404 e. The Labute approximate surface area is 178 Å². The van der Waals surface area contributed by atoms with Crippen LogP contribution in [-0.4, -0.2) is 51.7 Å². The molecule has 0 aliphatic heterocycles. The normalized spacial score (nSPS) is 12.0. The van der Waals surface area contributed by atoms with Gasteiger partial charge in [-0.25, -0.2) is 4.79 Å². The largest absolute Gasteiger partial charge is 0.489 e. The van der Waals surface area contributed by atoms with Crippen LogP contribution in [0.4, 0.5) is 16.2 Å². The fraction of sp³-hybridized carbons (Fsp3) is 0.500. The Kier molecular flexibility index (Phi) is 9.18. The van der Waals surface area contributed by atoms with Gasteiger partial charge < -0.3 is 36.4 Å². The lowest BCUT2D eigenvalue weighted by molar-refractivity contribution is 0.0999. The number of carbonyl (C=O) groups is 2. The van der Waals surface area contributed by atoms with Crippen LogP contribution in [0, 0.1) is 0 Å². The van der Waals surface area contributed by atoms with Crippen LogP contribution in [0.3, 0.4) is 0 Å². The molecule has 0 saturated heterocycles. The molecule has 2 amide bonds. The molecule has 1 aromatic carbocycles. The highest BCUT2D eigenvalue weighted by molar-refractivity contribution is 6.74. The molecule has 0 spiro atoms. The number of carbonyl (C=O) groups excluding carboxylic acids is 1. The monoisotopic (exact) mass is 438 g/mol. The molecule has 0 aliphatic carbocycles. The number of ether oxygens (including phenoxy) is 1. The van der Waals surface area contributed by atoms with Gasteiger partial charge in [-0.1, -0.05) is 32.9 Å². The molecule has 10 heteroatoms. The fourth-order valence-corrected chi connectivity index (χ4v) is 3.25. The Bertz CT molecular complexity index is 775. The number of nitrogen functional groups attached to an aromatic ring is 1. The van der Waals surface area contributed by atoms with E-state index < -0.39 is 20.3 Å². The predicted octanol–water partition coefficient (Wildman–Crippen LogP) is 3.00. The molecule has 0 saturated carbocycles. The highest BCUT2D eigenvalue weighted by Crippen LogP contribution is 2.36. The Hall–Kier alpha value is -2.72. The van der Waals surface area contributed by atoms with Crippen molar-refractivity contribution in [3.8, 4) is 5.75 Å². The molecular weight excluding hydrogens is 404 g/mol. The number of primary amides is 1. The first kappa shape index (κ1) is 25.3. The van der Waals surface area contributed by atoms with Gasteiger partial charge in [0.2, 0.25) is 5.91 Å². The van der Waals surface area contributed by atoms with Gasteiger partial charge in [-0.2, -0.15) is 0 Å². The molecule has 1 aromatic rings. The first-order valence-corrected chi connectivity index (χ1v) is 12.6. The maximum absolute atomic E-state index is 11.6. The van der Waals surface area contributed by atoms with Crippen molar-refractivity contribution in [1.82, 2.24) is 5.32 Å². The molecular formula is C20H34N4O5Si. The van der Waals surface area contributed by atoms with Gasteiger partial charge >= 0.3 is 6.09 Å².